The van der Waals surface area contributed by atoms with Crippen LogP contribution in [-0.2, 0) is 0 Å². The second-order valence-electron chi connectivity index (χ2n) is 6.44. The lowest BCUT2D eigenvalue weighted by Crippen LogP contribution is -2.31. The van der Waals surface area contributed by atoms with E-state index in [0.717, 1.165) is 15.8 Å². The van der Waals surface area contributed by atoms with Gasteiger partial charge >= 0.3 is 0 Å². The quantitative estimate of drug-likeness (QED) is 0.522. The van der Waals surface area contributed by atoms with Crippen LogP contribution in [0.5, 0.6) is 5.75 Å². The molecular weight excluding hydrogens is 382 g/mol. The lowest BCUT2D eigenvalue weighted by molar-refractivity contribution is 0.0947. The molecule has 2 aromatic carbocycles. The zero-order chi connectivity index (χ0) is 21.7. The first kappa shape index (κ1) is 20.5. The molecule has 0 saturated heterocycles. The van der Waals surface area contributed by atoms with Gasteiger partial charge in [0.1, 0.15) is 17.4 Å². The Bertz CT molecular complexity index is 1240. The van der Waals surface area contributed by atoms with E-state index in [1.807, 2.05) is 25.1 Å². The van der Waals surface area contributed by atoms with Crippen LogP contribution in [0.2, 0.25) is 0 Å². The summed E-state index contributed by atoms with van der Waals surface area (Å²) >= 11 is 0. The van der Waals surface area contributed by atoms with Gasteiger partial charge in [-0.05, 0) is 43.2 Å². The van der Waals surface area contributed by atoms with Crippen LogP contribution in [0.4, 0.5) is 0 Å². The molecule has 3 aromatic rings. The average Bonchev–Trinajstić information content (AvgIpc) is 2.75. The van der Waals surface area contributed by atoms with Gasteiger partial charge in [-0.1, -0.05) is 30.3 Å². The molecule has 0 aliphatic rings. The molecule has 0 aliphatic heterocycles. The Balaban J connectivity index is 1.97. The lowest BCUT2D eigenvalue weighted by atomic mass is 10.1. The van der Waals surface area contributed by atoms with E-state index in [1.165, 1.54) is 13.1 Å². The molecule has 8 heteroatoms. The van der Waals surface area contributed by atoms with Gasteiger partial charge in [0.2, 0.25) is 0 Å². The molecular formula is C22H19N5O3. The fourth-order valence-corrected chi connectivity index (χ4v) is 2.86. The van der Waals surface area contributed by atoms with Gasteiger partial charge in [0.25, 0.3) is 11.5 Å². The maximum Gasteiger partial charge on any atom is 0.292 e. The summed E-state index contributed by atoms with van der Waals surface area (Å²) in [5, 5.41) is 17.6. The van der Waals surface area contributed by atoms with E-state index in [0.29, 0.717) is 11.4 Å². The van der Waals surface area contributed by atoms with Gasteiger partial charge in [-0.15, -0.1) is 0 Å². The molecule has 1 heterocycles. The number of benzene rings is 2. The highest BCUT2D eigenvalue weighted by molar-refractivity contribution is 5.94. The van der Waals surface area contributed by atoms with E-state index in [2.05, 4.69) is 15.6 Å². The number of nitrogens with one attached hydrogen (secondary N) is 1. The van der Waals surface area contributed by atoms with Crippen molar-refractivity contribution in [3.8, 4) is 17.5 Å². The van der Waals surface area contributed by atoms with Gasteiger partial charge in [0.05, 0.1) is 19.0 Å². The van der Waals surface area contributed by atoms with Crippen LogP contribution in [0.1, 0.15) is 32.7 Å². The van der Waals surface area contributed by atoms with Crippen LogP contribution in [0, 0.1) is 25.2 Å². The van der Waals surface area contributed by atoms with Crippen molar-refractivity contribution in [2.24, 2.45) is 5.10 Å². The number of nitrogens with zero attached hydrogens (tertiary/aromatic N) is 4. The molecule has 1 aromatic heterocycles. The van der Waals surface area contributed by atoms with Crippen LogP contribution in [0.3, 0.4) is 0 Å². The average molecular weight is 401 g/mol. The molecule has 3 rings (SSSR count). The third kappa shape index (κ3) is 4.10. The zero-order valence-corrected chi connectivity index (χ0v) is 16.7. The smallest absolute Gasteiger partial charge is 0.292 e. The van der Waals surface area contributed by atoms with Gasteiger partial charge in [0.15, 0.2) is 5.69 Å². The fourth-order valence-electron chi connectivity index (χ4n) is 2.86. The van der Waals surface area contributed by atoms with Gasteiger partial charge in [-0.3, -0.25) is 9.59 Å². The minimum Gasteiger partial charge on any atom is -0.497 e. The molecule has 1 amide bonds. The summed E-state index contributed by atoms with van der Waals surface area (Å²) in [4.78, 5) is 25.4. The number of hydrogen-bond acceptors (Lipinski definition) is 6. The largest absolute Gasteiger partial charge is 0.497 e. The van der Waals surface area contributed by atoms with E-state index in [4.69, 9.17) is 4.74 Å². The van der Waals surface area contributed by atoms with Crippen LogP contribution >= 0.6 is 0 Å². The normalized spacial score (nSPS) is 10.6. The third-order valence-corrected chi connectivity index (χ3v) is 4.48. The van der Waals surface area contributed by atoms with Crippen LogP contribution in [0.15, 0.2) is 58.4 Å². The van der Waals surface area contributed by atoms with Crippen molar-refractivity contribution in [1.82, 2.24) is 15.2 Å². The van der Waals surface area contributed by atoms with Gasteiger partial charge in [-0.25, -0.2) is 5.43 Å². The Kier molecular flexibility index (Phi) is 6.03. The molecule has 8 nitrogen and oxygen atoms in total. The van der Waals surface area contributed by atoms with Gasteiger partial charge in [-0.2, -0.15) is 20.1 Å². The number of carbonyl (C=O) groups excluding carboxylic acids is 1. The Morgan fingerprint density at radius 1 is 1.23 bits per heavy atom. The Labute approximate surface area is 173 Å². The molecule has 0 aliphatic carbocycles. The number of rotatable bonds is 5. The molecule has 150 valence electrons. The highest BCUT2D eigenvalue weighted by atomic mass is 16.5. The second kappa shape index (κ2) is 8.84. The van der Waals surface area contributed by atoms with Crippen molar-refractivity contribution in [2.45, 2.75) is 13.8 Å². The summed E-state index contributed by atoms with van der Waals surface area (Å²) in [6.07, 6.45) is 1.46. The summed E-state index contributed by atoms with van der Waals surface area (Å²) in [5.74, 6) is 0.0252. The molecule has 0 bridgehead atoms. The number of para-hydroxylation sites is 1. The van der Waals surface area contributed by atoms with E-state index < -0.39 is 11.5 Å². The number of carbonyl (C=O) groups is 1. The monoisotopic (exact) mass is 401 g/mol. The Hall–Kier alpha value is -4.25. The molecule has 0 saturated carbocycles. The van der Waals surface area contributed by atoms with E-state index in [-0.39, 0.29) is 16.8 Å². The van der Waals surface area contributed by atoms with E-state index >= 15 is 0 Å². The van der Waals surface area contributed by atoms with Gasteiger partial charge in [0, 0.05) is 5.56 Å². The molecule has 0 unspecified atom stereocenters. The molecule has 0 spiro atoms. The zero-order valence-electron chi connectivity index (χ0n) is 16.7. The number of ether oxygens (including phenoxy) is 1. The first-order valence-corrected chi connectivity index (χ1v) is 9.03. The van der Waals surface area contributed by atoms with Crippen molar-refractivity contribution in [1.29, 1.82) is 5.26 Å². The van der Waals surface area contributed by atoms with E-state index in [9.17, 15) is 14.9 Å². The van der Waals surface area contributed by atoms with Crippen molar-refractivity contribution >= 4 is 12.1 Å². The maximum absolute atomic E-state index is 12.7. The number of nitriles is 1. The number of hydrogen-bond donors (Lipinski definition) is 1. The summed E-state index contributed by atoms with van der Waals surface area (Å²) in [6.45, 7) is 3.32. The van der Waals surface area contributed by atoms with Crippen LogP contribution in [0.25, 0.3) is 5.69 Å². The second-order valence-corrected chi connectivity index (χ2v) is 6.44. The number of aryl methyl sites for hydroxylation is 1. The van der Waals surface area contributed by atoms with Crippen LogP contribution < -0.4 is 15.7 Å². The summed E-state index contributed by atoms with van der Waals surface area (Å²) in [7, 11) is 1.56. The minimum atomic E-state index is -0.634. The Morgan fingerprint density at radius 2 is 2.00 bits per heavy atom. The molecule has 30 heavy (non-hydrogen) atoms. The first-order valence-electron chi connectivity index (χ1n) is 9.03. The van der Waals surface area contributed by atoms with Crippen molar-refractivity contribution < 1.29 is 9.53 Å². The SMILES string of the molecule is COc1cccc(/C=N/NC(=O)c2nn(-c3ccccc3C)c(=O)c(C#N)c2C)c1. The maximum atomic E-state index is 12.7. The predicted molar refractivity (Wildman–Crippen MR) is 112 cm³/mol. The van der Waals surface area contributed by atoms with Crippen molar-refractivity contribution in [3.63, 3.8) is 0 Å². The van der Waals surface area contributed by atoms with Gasteiger partial charge < -0.3 is 4.74 Å². The number of hydrazone groups is 1. The van der Waals surface area contributed by atoms with Crippen LogP contribution in [-0.4, -0.2) is 29.0 Å². The first-order chi connectivity index (χ1) is 14.5. The summed E-state index contributed by atoms with van der Waals surface area (Å²) in [6, 6.07) is 16.1. The molecule has 0 fully saturated rings. The fraction of sp³-hybridized carbons (Fsp3) is 0.136. The van der Waals surface area contributed by atoms with Crippen molar-refractivity contribution in [3.05, 3.63) is 86.8 Å². The third-order valence-electron chi connectivity index (χ3n) is 4.48. The minimum absolute atomic E-state index is 0.0582. The topological polar surface area (TPSA) is 109 Å². The number of methoxy groups -OCH3 is 1. The molecule has 0 atom stereocenters. The molecule has 1 N–H and O–H groups in total. The number of amides is 1. The standard InChI is InChI=1S/C22H19N5O3/c1-14-7-4-5-10-19(14)27-22(29)18(12-23)15(2)20(26-27)21(28)25-24-13-16-8-6-9-17(11-16)30-3/h4-11,13H,1-3H3,(H,25,28)/b24-13+. The summed E-state index contributed by atoms with van der Waals surface area (Å²) in [5.41, 5.74) is 3.80. The van der Waals surface area contributed by atoms with E-state index in [1.54, 1.807) is 43.5 Å². The molecule has 0 radical (unpaired) electrons. The number of aromatic nitrogens is 2. The lowest BCUT2D eigenvalue weighted by Gasteiger charge is -2.12. The summed E-state index contributed by atoms with van der Waals surface area (Å²) < 4.78 is 6.22. The Morgan fingerprint density at radius 3 is 2.70 bits per heavy atom. The highest BCUT2D eigenvalue weighted by Crippen LogP contribution is 2.14. The van der Waals surface area contributed by atoms with Crippen molar-refractivity contribution in [2.75, 3.05) is 7.11 Å². The predicted octanol–water partition coefficient (Wildman–Crippen LogP) is 2.49. The highest BCUT2D eigenvalue weighted by Gasteiger charge is 2.20.